The lowest BCUT2D eigenvalue weighted by Gasteiger charge is -2.08. The second kappa shape index (κ2) is 11.1. The van der Waals surface area contributed by atoms with Gasteiger partial charge in [0.25, 0.3) is 0 Å². The van der Waals surface area contributed by atoms with Crippen molar-refractivity contribution in [3.63, 3.8) is 0 Å². The molecule has 2 heterocycles. The van der Waals surface area contributed by atoms with Crippen LogP contribution in [-0.4, -0.2) is 31.0 Å². The third kappa shape index (κ3) is 6.01. The molecule has 2 aliphatic rings. The molecule has 0 bridgehead atoms. The Morgan fingerprint density at radius 3 is 2.53 bits per heavy atom. The number of carbonyl (C=O) groups excluding carboxylic acids is 1. The lowest BCUT2D eigenvalue weighted by molar-refractivity contribution is -0.117. The van der Waals surface area contributed by atoms with Crippen molar-refractivity contribution >= 4 is 45.9 Å². The van der Waals surface area contributed by atoms with Gasteiger partial charge in [-0.1, -0.05) is 36.2 Å². The maximum atomic E-state index is 12.6. The van der Waals surface area contributed by atoms with Crippen molar-refractivity contribution in [1.82, 2.24) is 15.0 Å². The molecule has 1 aliphatic carbocycles. The van der Waals surface area contributed by atoms with Crippen LogP contribution >= 0.6 is 23.5 Å². The first-order valence-electron chi connectivity index (χ1n) is 11.1. The average molecular weight is 469 g/mol. The fourth-order valence-corrected chi connectivity index (χ4v) is 4.72. The van der Waals surface area contributed by atoms with Gasteiger partial charge < -0.3 is 10.6 Å². The zero-order valence-electron chi connectivity index (χ0n) is 18.2. The van der Waals surface area contributed by atoms with Crippen molar-refractivity contribution in [2.24, 2.45) is 5.92 Å². The summed E-state index contributed by atoms with van der Waals surface area (Å²) < 4.78 is 3.06. The molecule has 5 rings (SSSR count). The molecule has 1 saturated heterocycles. The first-order chi connectivity index (χ1) is 15.7. The highest BCUT2D eigenvalue weighted by atomic mass is 35.5. The van der Waals surface area contributed by atoms with Crippen molar-refractivity contribution in [3.8, 4) is 0 Å². The quantitative estimate of drug-likeness (QED) is 0.424. The normalized spacial score (nSPS) is 19.7. The zero-order valence-corrected chi connectivity index (χ0v) is 19.8. The summed E-state index contributed by atoms with van der Waals surface area (Å²) in [4.78, 5) is 17.8. The number of hydrogen-bond donors (Lipinski definition) is 3. The molecule has 2 unspecified atom stereocenters. The maximum Gasteiger partial charge on any atom is 0.228 e. The largest absolute Gasteiger partial charge is 0.326 e. The van der Waals surface area contributed by atoms with Gasteiger partial charge in [0.15, 0.2) is 0 Å². The summed E-state index contributed by atoms with van der Waals surface area (Å²) in [5.74, 6) is 0.395. The lowest BCUT2D eigenvalue weighted by atomic mass is 10.1. The highest BCUT2D eigenvalue weighted by molar-refractivity contribution is 7.97. The molecule has 7 heteroatoms. The van der Waals surface area contributed by atoms with E-state index in [1.54, 1.807) is 24.3 Å². The van der Waals surface area contributed by atoms with Crippen LogP contribution in [0.5, 0.6) is 0 Å². The van der Waals surface area contributed by atoms with Gasteiger partial charge >= 0.3 is 0 Å². The fourth-order valence-electron chi connectivity index (χ4n) is 4.00. The van der Waals surface area contributed by atoms with E-state index in [4.69, 9.17) is 11.6 Å². The van der Waals surface area contributed by atoms with Crippen LogP contribution in [0.3, 0.4) is 0 Å². The number of hydrogen-bond acceptors (Lipinski definition) is 5. The van der Waals surface area contributed by atoms with Crippen LogP contribution in [0.15, 0.2) is 59.8 Å². The van der Waals surface area contributed by atoms with Crippen LogP contribution in [0.2, 0.25) is 5.02 Å². The second-order valence-electron chi connectivity index (χ2n) is 8.18. The van der Waals surface area contributed by atoms with Crippen LogP contribution in [0.4, 0.5) is 5.69 Å². The molecule has 5 nitrogen and oxygen atoms in total. The summed E-state index contributed by atoms with van der Waals surface area (Å²) in [6.45, 7) is 2.50. The van der Waals surface area contributed by atoms with Crippen molar-refractivity contribution < 1.29 is 4.79 Å². The van der Waals surface area contributed by atoms with E-state index in [2.05, 4.69) is 44.6 Å². The van der Waals surface area contributed by atoms with Crippen LogP contribution in [0, 0.1) is 5.92 Å². The molecule has 3 N–H and O–H groups in total. The summed E-state index contributed by atoms with van der Waals surface area (Å²) >= 11 is 7.78. The molecule has 2 atom stereocenters. The number of anilines is 1. The Labute approximate surface area is 198 Å². The van der Waals surface area contributed by atoms with E-state index >= 15 is 0 Å². The Bertz CT molecular complexity index is 1040. The van der Waals surface area contributed by atoms with Crippen molar-refractivity contribution in [2.45, 2.75) is 36.5 Å². The molecule has 3 aromatic rings. The van der Waals surface area contributed by atoms with Gasteiger partial charge in [-0.15, -0.1) is 0 Å². The summed E-state index contributed by atoms with van der Waals surface area (Å²) in [5, 5.41) is 8.74. The van der Waals surface area contributed by atoms with Crippen molar-refractivity contribution in [3.05, 3.63) is 65.4 Å². The van der Waals surface area contributed by atoms with Gasteiger partial charge in [-0.25, -0.2) is 0 Å². The Kier molecular flexibility index (Phi) is 8.03. The molecule has 2 aromatic carbocycles. The molecule has 2 fully saturated rings. The van der Waals surface area contributed by atoms with Crippen LogP contribution in [-0.2, 0) is 4.79 Å². The number of pyridine rings is 1. The SMILES string of the molecule is C1CCNCC1.CNSc1ccc(C2CC2C(=O)Nc2ccc3cncc(Cl)c3c2)cc1. The molecular formula is C25H29ClN4OS. The Morgan fingerprint density at radius 2 is 1.88 bits per heavy atom. The molecule has 1 amide bonds. The third-order valence-electron chi connectivity index (χ3n) is 5.84. The highest BCUT2D eigenvalue weighted by Crippen LogP contribution is 2.48. The van der Waals surface area contributed by atoms with Crippen LogP contribution < -0.4 is 15.4 Å². The van der Waals surface area contributed by atoms with Gasteiger partial charge in [0, 0.05) is 39.7 Å². The molecular weight excluding hydrogens is 440 g/mol. The predicted molar refractivity (Wildman–Crippen MR) is 134 cm³/mol. The monoisotopic (exact) mass is 468 g/mol. The van der Waals surface area contributed by atoms with E-state index < -0.39 is 0 Å². The molecule has 32 heavy (non-hydrogen) atoms. The number of nitrogens with one attached hydrogen (secondary N) is 3. The zero-order chi connectivity index (χ0) is 22.3. The number of piperidine rings is 1. The topological polar surface area (TPSA) is 66.0 Å². The van der Waals surface area contributed by atoms with Gasteiger partial charge in [-0.2, -0.15) is 0 Å². The first kappa shape index (κ1) is 23.1. The number of nitrogens with zero attached hydrogens (tertiary/aromatic N) is 1. The number of benzene rings is 2. The number of amides is 1. The minimum atomic E-state index is 0.0291. The molecule has 0 spiro atoms. The fraction of sp³-hybridized carbons (Fsp3) is 0.360. The van der Waals surface area contributed by atoms with E-state index in [1.165, 1.54) is 42.8 Å². The molecule has 1 aliphatic heterocycles. The Balaban J connectivity index is 0.000000354. The molecule has 168 valence electrons. The lowest BCUT2D eigenvalue weighted by Crippen LogP contribution is -2.21. The van der Waals surface area contributed by atoms with Crippen LogP contribution in [0.1, 0.15) is 37.2 Å². The number of halogens is 1. The van der Waals surface area contributed by atoms with E-state index in [0.717, 1.165) is 22.9 Å². The van der Waals surface area contributed by atoms with Gasteiger partial charge in [0.2, 0.25) is 5.91 Å². The van der Waals surface area contributed by atoms with Crippen molar-refractivity contribution in [2.75, 3.05) is 25.5 Å². The highest BCUT2D eigenvalue weighted by Gasteiger charge is 2.43. The number of carbonyl (C=O) groups is 1. The van der Waals surface area contributed by atoms with Gasteiger partial charge in [0.1, 0.15) is 0 Å². The number of aromatic nitrogens is 1. The van der Waals surface area contributed by atoms with E-state index in [1.807, 2.05) is 25.2 Å². The van der Waals surface area contributed by atoms with Crippen molar-refractivity contribution in [1.29, 1.82) is 0 Å². The van der Waals surface area contributed by atoms with Crippen LogP contribution in [0.25, 0.3) is 10.8 Å². The molecule has 0 radical (unpaired) electrons. The van der Waals surface area contributed by atoms with E-state index in [0.29, 0.717) is 10.9 Å². The summed E-state index contributed by atoms with van der Waals surface area (Å²) in [7, 11) is 1.90. The average Bonchev–Trinajstić information content (AvgIpc) is 3.63. The minimum absolute atomic E-state index is 0.0291. The summed E-state index contributed by atoms with van der Waals surface area (Å²) in [5.41, 5.74) is 1.99. The second-order valence-corrected chi connectivity index (χ2v) is 9.67. The minimum Gasteiger partial charge on any atom is -0.326 e. The van der Waals surface area contributed by atoms with E-state index in [9.17, 15) is 4.79 Å². The summed E-state index contributed by atoms with van der Waals surface area (Å²) in [6, 6.07) is 14.1. The Hall–Kier alpha value is -2.12. The summed E-state index contributed by atoms with van der Waals surface area (Å²) in [6.07, 6.45) is 8.48. The number of rotatable bonds is 5. The number of fused-ring (bicyclic) bond motifs is 1. The van der Waals surface area contributed by atoms with Gasteiger partial charge in [0.05, 0.1) is 5.02 Å². The van der Waals surface area contributed by atoms with Gasteiger partial charge in [-0.05, 0) is 87.1 Å². The predicted octanol–water partition coefficient (Wildman–Crippen LogP) is 5.62. The smallest absolute Gasteiger partial charge is 0.228 e. The molecule has 1 aromatic heterocycles. The van der Waals surface area contributed by atoms with Gasteiger partial charge in [-0.3, -0.25) is 14.5 Å². The Morgan fingerprint density at radius 1 is 1.09 bits per heavy atom. The first-order valence-corrected chi connectivity index (χ1v) is 12.3. The van der Waals surface area contributed by atoms with E-state index in [-0.39, 0.29) is 11.8 Å². The standard InChI is InChI=1S/C20H18ClN3OS.C5H11N/c1-22-26-15-6-3-12(4-7-15)16-9-18(16)20(25)24-14-5-2-13-10-23-11-19(21)17(13)8-14;1-2-4-6-5-3-1/h2-8,10-11,16,18,22H,9H2,1H3,(H,24,25);6H,1-5H2. The molecule has 1 saturated carbocycles. The maximum absolute atomic E-state index is 12.6. The third-order valence-corrected chi connectivity index (χ3v) is 6.86.